The summed E-state index contributed by atoms with van der Waals surface area (Å²) in [4.78, 5) is 16.6. The Morgan fingerprint density at radius 2 is 2.30 bits per heavy atom. The van der Waals surface area contributed by atoms with Crippen LogP contribution in [0, 0.1) is 5.92 Å². The number of aromatic nitrogens is 1. The summed E-state index contributed by atoms with van der Waals surface area (Å²) in [6, 6.07) is 3.94. The summed E-state index contributed by atoms with van der Waals surface area (Å²) >= 11 is 1.57. The van der Waals surface area contributed by atoms with Gasteiger partial charge in [-0.3, -0.25) is 4.79 Å². The van der Waals surface area contributed by atoms with Crippen molar-refractivity contribution in [3.05, 3.63) is 29.5 Å². The van der Waals surface area contributed by atoms with E-state index in [4.69, 9.17) is 9.15 Å². The summed E-state index contributed by atoms with van der Waals surface area (Å²) < 4.78 is 10.3. The van der Waals surface area contributed by atoms with E-state index in [-0.39, 0.29) is 17.9 Å². The van der Waals surface area contributed by atoms with Crippen molar-refractivity contribution in [2.24, 2.45) is 5.92 Å². The lowest BCUT2D eigenvalue weighted by Gasteiger charge is -2.23. The van der Waals surface area contributed by atoms with Gasteiger partial charge in [-0.05, 0) is 25.0 Å². The molecule has 0 aliphatic heterocycles. The van der Waals surface area contributed by atoms with Crippen LogP contribution in [0.2, 0.25) is 0 Å². The maximum Gasteiger partial charge on any atom is 0.310 e. The minimum absolute atomic E-state index is 0.0503. The van der Waals surface area contributed by atoms with Crippen LogP contribution in [-0.4, -0.2) is 24.1 Å². The molecule has 6 heteroatoms. The second kappa shape index (κ2) is 7.75. The van der Waals surface area contributed by atoms with Gasteiger partial charge in [0.2, 0.25) is 0 Å². The maximum absolute atomic E-state index is 12.0. The fourth-order valence-corrected chi connectivity index (χ4v) is 3.91. The maximum atomic E-state index is 12.0. The molecule has 1 saturated carbocycles. The first-order chi connectivity index (χ1) is 11.3. The monoisotopic (exact) mass is 334 g/mol. The highest BCUT2D eigenvalue weighted by Gasteiger charge is 2.30. The molecule has 0 aromatic carbocycles. The number of furan rings is 1. The van der Waals surface area contributed by atoms with Gasteiger partial charge in [-0.25, -0.2) is 4.98 Å². The Hall–Kier alpha value is -1.66. The van der Waals surface area contributed by atoms with Gasteiger partial charge in [-0.1, -0.05) is 19.3 Å². The fourth-order valence-electron chi connectivity index (χ4n) is 3.12. The number of carbonyl (C=O) groups excluding carboxylic acids is 1. The normalized spacial score (nSPS) is 21.8. The lowest BCUT2D eigenvalue weighted by molar-refractivity contribution is -0.146. The van der Waals surface area contributed by atoms with E-state index in [1.165, 1.54) is 13.5 Å². The molecule has 5 nitrogen and oxygen atoms in total. The Kier molecular flexibility index (Phi) is 5.46. The minimum Gasteiger partial charge on any atom is -0.469 e. The molecule has 1 N–H and O–H groups in total. The van der Waals surface area contributed by atoms with Crippen molar-refractivity contribution in [1.29, 1.82) is 0 Å². The van der Waals surface area contributed by atoms with Gasteiger partial charge in [0.05, 0.1) is 25.0 Å². The molecule has 2 aromatic heterocycles. The molecule has 3 rings (SSSR count). The first-order valence-electron chi connectivity index (χ1n) is 8.07. The number of hydrogen-bond acceptors (Lipinski definition) is 6. The molecular weight excluding hydrogens is 312 g/mol. The van der Waals surface area contributed by atoms with Crippen LogP contribution in [0.15, 0.2) is 28.2 Å². The number of nitrogens with one attached hydrogen (secondary N) is 1. The molecule has 0 unspecified atom stereocenters. The summed E-state index contributed by atoms with van der Waals surface area (Å²) in [6.07, 6.45) is 7.00. The summed E-state index contributed by atoms with van der Waals surface area (Å²) in [5.41, 5.74) is 0.981. The number of carbonyl (C=O) groups is 1. The zero-order valence-corrected chi connectivity index (χ0v) is 14.1. The molecule has 0 spiro atoms. The lowest BCUT2D eigenvalue weighted by Crippen LogP contribution is -2.39. The zero-order valence-electron chi connectivity index (χ0n) is 13.3. The molecule has 2 heterocycles. The molecule has 1 fully saturated rings. The van der Waals surface area contributed by atoms with Crippen molar-refractivity contribution in [3.63, 3.8) is 0 Å². The highest BCUT2D eigenvalue weighted by molar-refractivity contribution is 7.13. The van der Waals surface area contributed by atoms with Gasteiger partial charge < -0.3 is 14.5 Å². The predicted molar refractivity (Wildman–Crippen MR) is 89.0 cm³/mol. The van der Waals surface area contributed by atoms with E-state index in [2.05, 4.69) is 10.3 Å². The van der Waals surface area contributed by atoms with E-state index >= 15 is 0 Å². The SMILES string of the molecule is COC(=O)[C@H]1CCCCC[C@@H]1NCc1csc(-c2ccco2)n1. The number of ether oxygens (including phenoxy) is 1. The molecule has 2 atom stereocenters. The van der Waals surface area contributed by atoms with Gasteiger partial charge in [0.25, 0.3) is 0 Å². The van der Waals surface area contributed by atoms with Gasteiger partial charge in [-0.2, -0.15) is 0 Å². The third-order valence-electron chi connectivity index (χ3n) is 4.35. The number of nitrogens with zero attached hydrogens (tertiary/aromatic N) is 1. The molecule has 0 radical (unpaired) electrons. The third-order valence-corrected chi connectivity index (χ3v) is 5.25. The summed E-state index contributed by atoms with van der Waals surface area (Å²) in [6.45, 7) is 0.662. The molecule has 23 heavy (non-hydrogen) atoms. The van der Waals surface area contributed by atoms with Crippen molar-refractivity contribution in [1.82, 2.24) is 10.3 Å². The fraction of sp³-hybridized carbons (Fsp3) is 0.529. The van der Waals surface area contributed by atoms with E-state index in [1.54, 1.807) is 17.6 Å². The van der Waals surface area contributed by atoms with Crippen LogP contribution in [0.3, 0.4) is 0 Å². The molecule has 0 saturated heterocycles. The lowest BCUT2D eigenvalue weighted by atomic mass is 9.95. The zero-order chi connectivity index (χ0) is 16.1. The van der Waals surface area contributed by atoms with E-state index in [1.807, 2.05) is 17.5 Å². The highest BCUT2D eigenvalue weighted by atomic mass is 32.1. The number of hydrogen-bond donors (Lipinski definition) is 1. The van der Waals surface area contributed by atoms with E-state index in [0.717, 1.165) is 42.1 Å². The Balaban J connectivity index is 1.62. The number of esters is 1. The topological polar surface area (TPSA) is 64.4 Å². The number of rotatable bonds is 5. The Labute approximate surface area is 140 Å². The largest absolute Gasteiger partial charge is 0.469 e. The van der Waals surface area contributed by atoms with Gasteiger partial charge >= 0.3 is 5.97 Å². The molecule has 1 aliphatic carbocycles. The molecule has 2 aromatic rings. The van der Waals surface area contributed by atoms with Crippen LogP contribution < -0.4 is 5.32 Å². The second-order valence-corrected chi connectivity index (χ2v) is 6.73. The molecular formula is C17H22N2O3S. The van der Waals surface area contributed by atoms with Gasteiger partial charge in [0.1, 0.15) is 0 Å². The predicted octanol–water partition coefficient (Wildman–Crippen LogP) is 3.61. The van der Waals surface area contributed by atoms with Gasteiger partial charge in [0, 0.05) is 18.0 Å². The van der Waals surface area contributed by atoms with Crippen LogP contribution in [-0.2, 0) is 16.1 Å². The van der Waals surface area contributed by atoms with Gasteiger partial charge in [0.15, 0.2) is 10.8 Å². The smallest absolute Gasteiger partial charge is 0.310 e. The quantitative estimate of drug-likeness (QED) is 0.668. The highest BCUT2D eigenvalue weighted by Crippen LogP contribution is 2.26. The van der Waals surface area contributed by atoms with Crippen molar-refractivity contribution < 1.29 is 13.9 Å². The molecule has 124 valence electrons. The van der Waals surface area contributed by atoms with Crippen LogP contribution in [0.25, 0.3) is 10.8 Å². The van der Waals surface area contributed by atoms with Crippen LogP contribution >= 0.6 is 11.3 Å². The Morgan fingerprint density at radius 1 is 1.43 bits per heavy atom. The van der Waals surface area contributed by atoms with E-state index < -0.39 is 0 Å². The van der Waals surface area contributed by atoms with Crippen molar-refractivity contribution in [2.75, 3.05) is 7.11 Å². The standard InChI is InChI=1S/C17H22N2O3S/c1-21-17(20)13-6-3-2-4-7-14(13)18-10-12-11-23-16(19-12)15-8-5-9-22-15/h5,8-9,11,13-14,18H,2-4,6-7,10H2,1H3/t13-,14-/m0/s1. The molecule has 1 aliphatic rings. The number of thiazole rings is 1. The van der Waals surface area contributed by atoms with Crippen LogP contribution in [0.4, 0.5) is 0 Å². The molecule has 0 bridgehead atoms. The minimum atomic E-state index is -0.0982. The van der Waals surface area contributed by atoms with Crippen LogP contribution in [0.5, 0.6) is 0 Å². The Bertz CT molecular complexity index is 624. The van der Waals surface area contributed by atoms with Crippen molar-refractivity contribution >= 4 is 17.3 Å². The summed E-state index contributed by atoms with van der Waals surface area (Å²) in [7, 11) is 1.47. The average Bonchev–Trinajstić information content (AvgIpc) is 3.20. The van der Waals surface area contributed by atoms with E-state index in [9.17, 15) is 4.79 Å². The van der Waals surface area contributed by atoms with Crippen molar-refractivity contribution in [3.8, 4) is 10.8 Å². The first kappa shape index (κ1) is 16.2. The van der Waals surface area contributed by atoms with Gasteiger partial charge in [-0.15, -0.1) is 11.3 Å². The summed E-state index contributed by atoms with van der Waals surface area (Å²) in [5, 5.41) is 6.44. The van der Waals surface area contributed by atoms with Crippen LogP contribution in [0.1, 0.15) is 37.8 Å². The molecule has 0 amide bonds. The third kappa shape index (κ3) is 4.00. The average molecular weight is 334 g/mol. The number of methoxy groups -OCH3 is 1. The first-order valence-corrected chi connectivity index (χ1v) is 8.95. The van der Waals surface area contributed by atoms with E-state index in [0.29, 0.717) is 6.54 Å². The summed E-state index contributed by atoms with van der Waals surface area (Å²) in [5.74, 6) is 0.646. The van der Waals surface area contributed by atoms with Crippen molar-refractivity contribution in [2.45, 2.75) is 44.7 Å². The second-order valence-electron chi connectivity index (χ2n) is 5.88. The Morgan fingerprint density at radius 3 is 3.09 bits per heavy atom.